The predicted octanol–water partition coefficient (Wildman–Crippen LogP) is 5.37. The Labute approximate surface area is 169 Å². The summed E-state index contributed by atoms with van der Waals surface area (Å²) in [5, 5.41) is 5.83. The fourth-order valence-corrected chi connectivity index (χ4v) is 3.46. The van der Waals surface area contributed by atoms with Gasteiger partial charge in [-0.2, -0.15) is 0 Å². The van der Waals surface area contributed by atoms with Crippen molar-refractivity contribution in [2.75, 3.05) is 10.6 Å². The number of rotatable bonds is 4. The molecule has 1 aliphatic rings. The molecule has 134 valence electrons. The van der Waals surface area contributed by atoms with Gasteiger partial charge in [-0.05, 0) is 61.4 Å². The second-order valence-corrected chi connectivity index (χ2v) is 7.98. The van der Waals surface area contributed by atoms with Crippen molar-refractivity contribution in [2.24, 2.45) is 11.8 Å². The van der Waals surface area contributed by atoms with Crippen molar-refractivity contribution in [3.05, 3.63) is 69.6 Å². The third kappa shape index (κ3) is 4.83. The maximum absolute atomic E-state index is 12.7. The monoisotopic (exact) mass is 476 g/mol. The van der Waals surface area contributed by atoms with Crippen LogP contribution in [0.1, 0.15) is 12.8 Å². The van der Waals surface area contributed by atoms with Crippen molar-refractivity contribution in [3.63, 3.8) is 0 Å². The van der Waals surface area contributed by atoms with Gasteiger partial charge >= 0.3 is 0 Å². The van der Waals surface area contributed by atoms with E-state index in [0.29, 0.717) is 12.8 Å². The van der Waals surface area contributed by atoms with Crippen LogP contribution in [0.5, 0.6) is 0 Å². The van der Waals surface area contributed by atoms with Gasteiger partial charge in [-0.25, -0.2) is 0 Å². The summed E-state index contributed by atoms with van der Waals surface area (Å²) in [5.41, 5.74) is 1.44. The molecule has 2 unspecified atom stereocenters. The molecular formula is C20H18Br2N2O2. The van der Waals surface area contributed by atoms with E-state index in [1.807, 2.05) is 60.7 Å². The molecule has 2 aromatic carbocycles. The first kappa shape index (κ1) is 18.9. The molecule has 26 heavy (non-hydrogen) atoms. The number of carbonyl (C=O) groups excluding carboxylic acids is 2. The number of carbonyl (C=O) groups is 2. The lowest BCUT2D eigenvalue weighted by Gasteiger charge is -2.26. The predicted molar refractivity (Wildman–Crippen MR) is 111 cm³/mol. The summed E-state index contributed by atoms with van der Waals surface area (Å²) >= 11 is 6.75. The van der Waals surface area contributed by atoms with Crippen LogP contribution >= 0.6 is 31.9 Å². The zero-order valence-electron chi connectivity index (χ0n) is 13.9. The molecule has 0 aromatic heterocycles. The van der Waals surface area contributed by atoms with Crippen LogP contribution < -0.4 is 10.6 Å². The summed E-state index contributed by atoms with van der Waals surface area (Å²) in [6, 6.07) is 14.8. The van der Waals surface area contributed by atoms with Crippen LogP contribution in [-0.4, -0.2) is 11.8 Å². The van der Waals surface area contributed by atoms with E-state index in [1.54, 1.807) is 0 Å². The van der Waals surface area contributed by atoms with Crippen molar-refractivity contribution in [1.82, 2.24) is 0 Å². The van der Waals surface area contributed by atoms with E-state index in [0.717, 1.165) is 20.3 Å². The Kier molecular flexibility index (Phi) is 6.27. The smallest absolute Gasteiger partial charge is 0.228 e. The van der Waals surface area contributed by atoms with Crippen molar-refractivity contribution in [3.8, 4) is 0 Å². The van der Waals surface area contributed by atoms with Crippen molar-refractivity contribution >= 4 is 55.0 Å². The van der Waals surface area contributed by atoms with Crippen LogP contribution in [0, 0.1) is 11.8 Å². The lowest BCUT2D eigenvalue weighted by molar-refractivity contribution is -0.129. The number of halogens is 2. The quantitative estimate of drug-likeness (QED) is 0.581. The van der Waals surface area contributed by atoms with E-state index in [-0.39, 0.29) is 23.7 Å². The number of hydrogen-bond acceptors (Lipinski definition) is 2. The molecule has 0 bridgehead atoms. The second-order valence-electron chi connectivity index (χ2n) is 6.15. The van der Waals surface area contributed by atoms with E-state index in [9.17, 15) is 9.59 Å². The molecule has 0 spiro atoms. The maximum Gasteiger partial charge on any atom is 0.228 e. The molecule has 2 aromatic rings. The fraction of sp³-hybridized carbons (Fsp3) is 0.200. The van der Waals surface area contributed by atoms with Gasteiger partial charge in [-0.1, -0.05) is 44.0 Å². The average molecular weight is 478 g/mol. The molecule has 2 amide bonds. The van der Waals surface area contributed by atoms with Crippen molar-refractivity contribution in [2.45, 2.75) is 12.8 Å². The van der Waals surface area contributed by atoms with Gasteiger partial charge in [-0.15, -0.1) is 0 Å². The molecule has 2 atom stereocenters. The highest BCUT2D eigenvalue weighted by atomic mass is 79.9. The summed E-state index contributed by atoms with van der Waals surface area (Å²) in [7, 11) is 0. The topological polar surface area (TPSA) is 58.2 Å². The van der Waals surface area contributed by atoms with Gasteiger partial charge in [0.25, 0.3) is 0 Å². The Hall–Kier alpha value is -1.92. The van der Waals surface area contributed by atoms with E-state index in [2.05, 4.69) is 42.5 Å². The number of nitrogens with one attached hydrogen (secondary N) is 2. The third-order valence-electron chi connectivity index (χ3n) is 4.33. The number of hydrogen-bond donors (Lipinski definition) is 2. The average Bonchev–Trinajstić information content (AvgIpc) is 2.65. The van der Waals surface area contributed by atoms with Gasteiger partial charge in [-0.3, -0.25) is 9.59 Å². The molecule has 1 aliphatic carbocycles. The van der Waals surface area contributed by atoms with E-state index >= 15 is 0 Å². The lowest BCUT2D eigenvalue weighted by atomic mass is 9.81. The molecule has 0 fully saturated rings. The Balaban J connectivity index is 1.69. The largest absolute Gasteiger partial charge is 0.326 e. The van der Waals surface area contributed by atoms with E-state index in [4.69, 9.17) is 0 Å². The van der Waals surface area contributed by atoms with E-state index < -0.39 is 0 Å². The summed E-state index contributed by atoms with van der Waals surface area (Å²) in [4.78, 5) is 25.4. The van der Waals surface area contributed by atoms with Crippen molar-refractivity contribution < 1.29 is 9.59 Å². The number of amides is 2. The second kappa shape index (κ2) is 8.64. The first-order valence-corrected chi connectivity index (χ1v) is 9.89. The third-order valence-corrected chi connectivity index (χ3v) is 5.39. The number of anilines is 2. The molecule has 0 aliphatic heterocycles. The highest BCUT2D eigenvalue weighted by molar-refractivity contribution is 9.10. The Bertz CT molecular complexity index is 747. The van der Waals surface area contributed by atoms with Gasteiger partial charge in [0.1, 0.15) is 0 Å². The van der Waals surface area contributed by atoms with Gasteiger partial charge in [0.05, 0.1) is 11.8 Å². The highest BCUT2D eigenvalue weighted by Gasteiger charge is 2.34. The standard InChI is InChI=1S/C20H18Br2N2O2/c21-13-5-9-15(10-6-13)23-19(25)17-3-1-2-4-18(17)20(26)24-16-11-7-14(22)8-12-16/h1-2,5-12,17-18H,3-4H2,(H,23,25)(H,24,26). The highest BCUT2D eigenvalue weighted by Crippen LogP contribution is 2.29. The number of allylic oxidation sites excluding steroid dienone is 2. The minimum Gasteiger partial charge on any atom is -0.326 e. The summed E-state index contributed by atoms with van der Waals surface area (Å²) < 4.78 is 1.89. The molecule has 0 heterocycles. The van der Waals surface area contributed by atoms with Gasteiger partial charge in [0.15, 0.2) is 0 Å². The molecule has 4 nitrogen and oxygen atoms in total. The van der Waals surface area contributed by atoms with Gasteiger partial charge in [0, 0.05) is 20.3 Å². The zero-order valence-corrected chi connectivity index (χ0v) is 17.1. The molecular weight excluding hydrogens is 460 g/mol. The molecule has 6 heteroatoms. The van der Waals surface area contributed by atoms with Crippen LogP contribution in [0.25, 0.3) is 0 Å². The van der Waals surface area contributed by atoms with Crippen molar-refractivity contribution in [1.29, 1.82) is 0 Å². The van der Waals surface area contributed by atoms with Crippen LogP contribution in [0.3, 0.4) is 0 Å². The molecule has 0 radical (unpaired) electrons. The van der Waals surface area contributed by atoms with Crippen LogP contribution in [-0.2, 0) is 9.59 Å². The summed E-state index contributed by atoms with van der Waals surface area (Å²) in [6.45, 7) is 0. The van der Waals surface area contributed by atoms with Crippen LogP contribution in [0.2, 0.25) is 0 Å². The first-order valence-electron chi connectivity index (χ1n) is 8.31. The maximum atomic E-state index is 12.7. The van der Waals surface area contributed by atoms with Gasteiger partial charge < -0.3 is 10.6 Å². The summed E-state index contributed by atoms with van der Waals surface area (Å²) in [5.74, 6) is -1.04. The van der Waals surface area contributed by atoms with Crippen LogP contribution in [0.4, 0.5) is 11.4 Å². The Morgan fingerprint density at radius 3 is 1.38 bits per heavy atom. The van der Waals surface area contributed by atoms with Crippen LogP contribution in [0.15, 0.2) is 69.6 Å². The Morgan fingerprint density at radius 1 is 0.692 bits per heavy atom. The molecule has 2 N–H and O–H groups in total. The minimum absolute atomic E-state index is 0.132. The summed E-state index contributed by atoms with van der Waals surface area (Å²) in [6.07, 6.45) is 5.05. The lowest BCUT2D eigenvalue weighted by Crippen LogP contribution is -2.37. The zero-order chi connectivity index (χ0) is 18.5. The normalized spacial score (nSPS) is 19.0. The molecule has 0 saturated heterocycles. The SMILES string of the molecule is O=C(Nc1ccc(Br)cc1)C1CC=CCC1C(=O)Nc1ccc(Br)cc1. The van der Waals surface area contributed by atoms with E-state index in [1.165, 1.54) is 0 Å². The Morgan fingerprint density at radius 2 is 1.04 bits per heavy atom. The fourth-order valence-electron chi connectivity index (χ4n) is 2.93. The molecule has 0 saturated carbocycles. The first-order chi connectivity index (χ1) is 12.5. The minimum atomic E-state index is -0.390. The van der Waals surface area contributed by atoms with Gasteiger partial charge in [0.2, 0.25) is 11.8 Å². The number of benzene rings is 2. The molecule has 3 rings (SSSR count).